The average molecular weight is 593 g/mol. The van der Waals surface area contributed by atoms with E-state index < -0.39 is 30.2 Å². The number of hydrogen-bond donors (Lipinski definition) is 5. The molecule has 0 saturated heterocycles. The highest BCUT2D eigenvalue weighted by atomic mass is 19.4. The largest absolute Gasteiger partial charge is 0.493 e. The summed E-state index contributed by atoms with van der Waals surface area (Å²) in [5.41, 5.74) is 13.1. The monoisotopic (exact) mass is 592 g/mol. The van der Waals surface area contributed by atoms with Crippen LogP contribution in [0.2, 0.25) is 0 Å². The maximum absolute atomic E-state index is 13.4. The third kappa shape index (κ3) is 10.1. The molecule has 3 rings (SSSR count). The van der Waals surface area contributed by atoms with Crippen molar-refractivity contribution in [3.8, 4) is 11.5 Å². The number of guanidine groups is 1. The Morgan fingerprint density at radius 3 is 2.29 bits per heavy atom. The number of aliphatic imine (C=N–C) groups is 1. The summed E-state index contributed by atoms with van der Waals surface area (Å²) in [4.78, 5) is 30.5. The van der Waals surface area contributed by atoms with Gasteiger partial charge < -0.3 is 26.3 Å². The Labute approximate surface area is 243 Å². The number of rotatable bonds is 12. The number of hydrogen-bond acceptors (Lipinski definition) is 7. The first-order valence-electron chi connectivity index (χ1n) is 13.8. The minimum absolute atomic E-state index is 0.00912. The van der Waals surface area contributed by atoms with Crippen LogP contribution in [0.15, 0.2) is 47.5 Å². The van der Waals surface area contributed by atoms with Crippen molar-refractivity contribution in [2.45, 2.75) is 63.3 Å². The Morgan fingerprint density at radius 1 is 1.02 bits per heavy atom. The Hall–Kier alpha value is -4.00. The van der Waals surface area contributed by atoms with Gasteiger partial charge in [-0.1, -0.05) is 50.3 Å². The van der Waals surface area contributed by atoms with Gasteiger partial charge in [-0.05, 0) is 47.7 Å². The number of ether oxygens (including phenoxy) is 2. The number of nitrogens with zero attached hydrogens (tertiary/aromatic N) is 1. The fraction of sp³-hybridized carbons (Fsp3) is 0.483. The molecule has 2 atom stereocenters. The van der Waals surface area contributed by atoms with E-state index in [1.165, 1.54) is 43.8 Å². The van der Waals surface area contributed by atoms with Crippen molar-refractivity contribution in [2.24, 2.45) is 22.4 Å². The number of amides is 2. The van der Waals surface area contributed by atoms with E-state index in [1.807, 2.05) is 0 Å². The molecule has 0 radical (unpaired) electrons. The van der Waals surface area contributed by atoms with Gasteiger partial charge in [-0.3, -0.25) is 20.2 Å². The number of benzene rings is 2. The first-order valence-corrected chi connectivity index (χ1v) is 13.8. The number of carbonyl (C=O) groups is 2. The molecule has 0 bridgehead atoms. The smallest absolute Gasteiger partial charge is 0.482 e. The minimum atomic E-state index is -4.57. The lowest BCUT2D eigenvalue weighted by atomic mass is 9.84. The quantitative estimate of drug-likeness (QED) is 0.143. The third-order valence-electron chi connectivity index (χ3n) is 7.11. The topological polar surface area (TPSA) is 153 Å². The lowest BCUT2D eigenvalue weighted by Crippen LogP contribution is -2.43. The lowest BCUT2D eigenvalue weighted by Gasteiger charge is -2.26. The van der Waals surface area contributed by atoms with E-state index in [1.54, 1.807) is 18.2 Å². The fourth-order valence-electron chi connectivity index (χ4n) is 5.03. The van der Waals surface area contributed by atoms with Crippen molar-refractivity contribution < 1.29 is 32.2 Å². The number of nitrogens with two attached hydrogens (primary N) is 2. The molecule has 2 unspecified atom stereocenters. The van der Waals surface area contributed by atoms with Gasteiger partial charge in [0.25, 0.3) is 0 Å². The van der Waals surface area contributed by atoms with Crippen LogP contribution in [0.4, 0.5) is 18.9 Å². The molecule has 230 valence electrons. The van der Waals surface area contributed by atoms with E-state index in [4.69, 9.17) is 20.9 Å². The summed E-state index contributed by atoms with van der Waals surface area (Å²) in [7, 11) is 3.02. The zero-order valence-electron chi connectivity index (χ0n) is 23.8. The molecule has 0 aromatic heterocycles. The Kier molecular flexibility index (Phi) is 11.8. The van der Waals surface area contributed by atoms with Crippen LogP contribution in [-0.2, 0) is 16.0 Å². The number of nitrogens with one attached hydrogen (secondary N) is 3. The van der Waals surface area contributed by atoms with Gasteiger partial charge in [-0.25, -0.2) is 4.99 Å². The first-order chi connectivity index (χ1) is 20.0. The van der Waals surface area contributed by atoms with E-state index in [-0.39, 0.29) is 30.5 Å². The molecular formula is C29H39F3N6O4. The van der Waals surface area contributed by atoms with Crippen LogP contribution in [0.1, 0.15) is 55.7 Å². The van der Waals surface area contributed by atoms with Crippen LogP contribution in [0.5, 0.6) is 11.5 Å². The van der Waals surface area contributed by atoms with Gasteiger partial charge in [0.05, 0.1) is 26.7 Å². The van der Waals surface area contributed by atoms with E-state index in [0.29, 0.717) is 29.0 Å². The van der Waals surface area contributed by atoms with E-state index >= 15 is 0 Å². The second-order valence-corrected chi connectivity index (χ2v) is 10.2. The van der Waals surface area contributed by atoms with E-state index in [2.05, 4.69) is 15.6 Å². The van der Waals surface area contributed by atoms with Gasteiger partial charge in [0, 0.05) is 12.2 Å². The molecule has 0 aliphatic heterocycles. The molecule has 0 spiro atoms. The molecule has 10 nitrogen and oxygen atoms in total. The molecule has 2 aromatic carbocycles. The van der Waals surface area contributed by atoms with Crippen LogP contribution in [-0.4, -0.2) is 50.9 Å². The van der Waals surface area contributed by atoms with Crippen molar-refractivity contribution in [1.82, 2.24) is 10.6 Å². The summed E-state index contributed by atoms with van der Waals surface area (Å²) in [6.07, 6.45) is 1.03. The molecule has 1 aliphatic carbocycles. The average Bonchev–Trinajstić information content (AvgIpc) is 2.95. The van der Waals surface area contributed by atoms with Gasteiger partial charge in [0.15, 0.2) is 17.5 Å². The first kappa shape index (κ1) is 32.5. The number of methoxy groups -OCH3 is 2. The van der Waals surface area contributed by atoms with Crippen molar-refractivity contribution in [3.05, 3.63) is 53.6 Å². The normalized spacial score (nSPS) is 15.8. The molecular weight excluding hydrogens is 553 g/mol. The van der Waals surface area contributed by atoms with E-state index in [0.717, 1.165) is 32.1 Å². The minimum Gasteiger partial charge on any atom is -0.493 e. The molecule has 42 heavy (non-hydrogen) atoms. The highest BCUT2D eigenvalue weighted by molar-refractivity contribution is 5.98. The Bertz CT molecular complexity index is 1220. The molecule has 1 fully saturated rings. The summed E-state index contributed by atoms with van der Waals surface area (Å²) >= 11 is 0. The third-order valence-corrected chi connectivity index (χ3v) is 7.11. The molecule has 1 aliphatic rings. The highest BCUT2D eigenvalue weighted by Crippen LogP contribution is 2.29. The van der Waals surface area contributed by atoms with Gasteiger partial charge >= 0.3 is 6.30 Å². The van der Waals surface area contributed by atoms with Gasteiger partial charge in [-0.15, -0.1) is 0 Å². The van der Waals surface area contributed by atoms with Crippen LogP contribution < -0.4 is 36.9 Å². The fourth-order valence-corrected chi connectivity index (χ4v) is 5.03. The lowest BCUT2D eigenvalue weighted by molar-refractivity contribution is -0.123. The Balaban J connectivity index is 1.71. The Morgan fingerprint density at radius 2 is 1.69 bits per heavy atom. The van der Waals surface area contributed by atoms with Gasteiger partial charge in [-0.2, -0.15) is 13.2 Å². The van der Waals surface area contributed by atoms with Crippen LogP contribution in [0.25, 0.3) is 0 Å². The summed E-state index contributed by atoms with van der Waals surface area (Å²) in [5, 5.41) is 6.85. The van der Waals surface area contributed by atoms with Gasteiger partial charge in [0.2, 0.25) is 11.8 Å². The van der Waals surface area contributed by atoms with Crippen molar-refractivity contribution in [2.75, 3.05) is 26.1 Å². The SMILES string of the molecule is COc1ccc(CC(=O)NC(N)=NC(CC2CCCCC2)C(=O)NC(CN)c2ccc(NC(F)(F)F)cc2)cc1OC. The number of carbonyl (C=O) groups excluding carboxylic acids is 2. The van der Waals surface area contributed by atoms with Crippen LogP contribution in [0, 0.1) is 5.92 Å². The standard InChI is InChI=1S/C29H39F3N6O4/c1-41-24-13-8-19(15-25(24)42-2)16-26(39)37-28(34)36-22(14-18-6-4-3-5-7-18)27(40)35-23(17-33)20-9-11-21(12-10-20)38-29(30,31)32/h8-13,15,18,22-23,38H,3-7,14,16-17,33H2,1-2H3,(H,35,40)(H3,34,36,37,39). The van der Waals surface area contributed by atoms with Crippen molar-refractivity contribution >= 4 is 23.5 Å². The maximum atomic E-state index is 13.4. The predicted molar refractivity (Wildman–Crippen MR) is 154 cm³/mol. The maximum Gasteiger partial charge on any atom is 0.482 e. The zero-order valence-corrected chi connectivity index (χ0v) is 23.8. The summed E-state index contributed by atoms with van der Waals surface area (Å²) in [6, 6.07) is 9.01. The summed E-state index contributed by atoms with van der Waals surface area (Å²) in [5.74, 6) is 0.220. The number of anilines is 1. The second-order valence-electron chi connectivity index (χ2n) is 10.2. The number of halogens is 3. The summed E-state index contributed by atoms with van der Waals surface area (Å²) in [6.45, 7) is 0.00912. The van der Waals surface area contributed by atoms with E-state index in [9.17, 15) is 22.8 Å². The molecule has 1 saturated carbocycles. The molecule has 7 N–H and O–H groups in total. The number of alkyl halides is 3. The second kappa shape index (κ2) is 15.3. The molecule has 0 heterocycles. The van der Waals surface area contributed by atoms with Crippen LogP contribution in [0.3, 0.4) is 0 Å². The molecule has 2 amide bonds. The predicted octanol–water partition coefficient (Wildman–Crippen LogP) is 3.76. The highest BCUT2D eigenvalue weighted by Gasteiger charge is 2.28. The zero-order chi connectivity index (χ0) is 30.7. The van der Waals surface area contributed by atoms with Crippen molar-refractivity contribution in [3.63, 3.8) is 0 Å². The molecule has 2 aromatic rings. The van der Waals surface area contributed by atoms with Crippen molar-refractivity contribution in [1.29, 1.82) is 0 Å². The molecule has 13 heteroatoms. The van der Waals surface area contributed by atoms with Gasteiger partial charge in [0.1, 0.15) is 6.04 Å². The summed E-state index contributed by atoms with van der Waals surface area (Å²) < 4.78 is 48.4. The van der Waals surface area contributed by atoms with Crippen LogP contribution >= 0.6 is 0 Å².